The molecule has 1 N–H and O–H groups in total. The summed E-state index contributed by atoms with van der Waals surface area (Å²) in [6.45, 7) is 7.06. The van der Waals surface area contributed by atoms with Gasteiger partial charge in [0, 0.05) is 31.6 Å². The van der Waals surface area contributed by atoms with Crippen molar-refractivity contribution in [3.05, 3.63) is 18.2 Å². The first-order valence-corrected chi connectivity index (χ1v) is 6.19. The molecule has 2 rings (SSSR count). The maximum atomic E-state index is 8.98. The summed E-state index contributed by atoms with van der Waals surface area (Å²) in [7, 11) is 0. The van der Waals surface area contributed by atoms with Crippen LogP contribution in [0.3, 0.4) is 0 Å². The predicted molar refractivity (Wildman–Crippen MR) is 69.7 cm³/mol. The second-order valence-corrected chi connectivity index (χ2v) is 4.56. The van der Waals surface area contributed by atoms with E-state index in [0.29, 0.717) is 12.5 Å². The molecular formula is C12H19N5O. The van der Waals surface area contributed by atoms with Crippen molar-refractivity contribution in [1.29, 1.82) is 0 Å². The first-order valence-electron chi connectivity index (χ1n) is 6.19. The van der Waals surface area contributed by atoms with Gasteiger partial charge in [0.05, 0.1) is 0 Å². The van der Waals surface area contributed by atoms with Gasteiger partial charge in [-0.3, -0.25) is 4.40 Å². The van der Waals surface area contributed by atoms with E-state index in [-0.39, 0.29) is 6.61 Å². The van der Waals surface area contributed by atoms with Gasteiger partial charge in [-0.25, -0.2) is 4.98 Å². The average molecular weight is 249 g/mol. The van der Waals surface area contributed by atoms with Crippen LogP contribution in [0.2, 0.25) is 0 Å². The Balaban J connectivity index is 2.43. The minimum absolute atomic E-state index is 0.179. The molecule has 0 saturated heterocycles. The number of hydrogen-bond acceptors (Lipinski definition) is 5. The Kier molecular flexibility index (Phi) is 3.76. The van der Waals surface area contributed by atoms with Gasteiger partial charge < -0.3 is 10.0 Å². The average Bonchev–Trinajstić information content (AvgIpc) is 2.72. The second-order valence-electron chi connectivity index (χ2n) is 4.56. The van der Waals surface area contributed by atoms with E-state index in [4.69, 9.17) is 5.11 Å². The lowest BCUT2D eigenvalue weighted by Gasteiger charge is -2.27. The van der Waals surface area contributed by atoms with Crippen LogP contribution in [0.25, 0.3) is 5.65 Å². The lowest BCUT2D eigenvalue weighted by molar-refractivity contribution is 0.288. The van der Waals surface area contributed by atoms with Gasteiger partial charge in [0.25, 0.3) is 0 Å². The highest BCUT2D eigenvalue weighted by molar-refractivity contribution is 5.64. The number of rotatable bonds is 5. The zero-order valence-electron chi connectivity index (χ0n) is 11.0. The molecule has 0 fully saturated rings. The molecule has 6 nitrogen and oxygen atoms in total. The topological polar surface area (TPSA) is 66.5 Å². The van der Waals surface area contributed by atoms with E-state index in [0.717, 1.165) is 23.8 Å². The van der Waals surface area contributed by atoms with Crippen LogP contribution in [0.15, 0.2) is 12.4 Å². The number of aliphatic hydroxyl groups is 1. The maximum Gasteiger partial charge on any atom is 0.203 e. The molecule has 2 heterocycles. The van der Waals surface area contributed by atoms with Crippen LogP contribution in [0.4, 0.5) is 5.82 Å². The molecule has 98 valence electrons. The quantitative estimate of drug-likeness (QED) is 0.857. The van der Waals surface area contributed by atoms with Crippen LogP contribution in [0.1, 0.15) is 26.1 Å². The molecule has 2 aromatic rings. The van der Waals surface area contributed by atoms with Crippen molar-refractivity contribution in [3.63, 3.8) is 0 Å². The molecular weight excluding hydrogens is 230 g/mol. The summed E-state index contributed by atoms with van der Waals surface area (Å²) in [5.74, 6) is 1.67. The molecule has 0 radical (unpaired) electrons. The van der Waals surface area contributed by atoms with E-state index in [1.807, 2.05) is 17.5 Å². The lowest BCUT2D eigenvalue weighted by atomic mass is 10.3. The van der Waals surface area contributed by atoms with E-state index in [1.165, 1.54) is 0 Å². The Morgan fingerprint density at radius 2 is 2.17 bits per heavy atom. The summed E-state index contributed by atoms with van der Waals surface area (Å²) in [5.41, 5.74) is 0.765. The molecule has 0 aromatic carbocycles. The van der Waals surface area contributed by atoms with E-state index in [9.17, 15) is 0 Å². The Bertz CT molecular complexity index is 522. The normalized spacial score (nSPS) is 11.4. The van der Waals surface area contributed by atoms with E-state index < -0.39 is 0 Å². The summed E-state index contributed by atoms with van der Waals surface area (Å²) < 4.78 is 1.93. The fraction of sp³-hybridized carbons (Fsp3) is 0.583. The molecule has 0 unspecified atom stereocenters. The fourth-order valence-electron chi connectivity index (χ4n) is 1.98. The first kappa shape index (κ1) is 12.8. The maximum absolute atomic E-state index is 8.98. The number of aromatic nitrogens is 4. The van der Waals surface area contributed by atoms with E-state index in [1.54, 1.807) is 6.20 Å². The summed E-state index contributed by atoms with van der Waals surface area (Å²) in [4.78, 5) is 6.55. The third-order valence-corrected chi connectivity index (χ3v) is 2.93. The molecule has 0 aliphatic heterocycles. The number of hydrogen-bond donors (Lipinski definition) is 1. The second kappa shape index (κ2) is 5.30. The highest BCUT2D eigenvalue weighted by Gasteiger charge is 2.17. The highest BCUT2D eigenvalue weighted by Crippen LogP contribution is 2.19. The molecule has 2 aromatic heterocycles. The van der Waals surface area contributed by atoms with Gasteiger partial charge in [0.15, 0.2) is 5.82 Å². The monoisotopic (exact) mass is 249 g/mol. The Morgan fingerprint density at radius 1 is 1.39 bits per heavy atom. The molecule has 0 bridgehead atoms. The minimum Gasteiger partial charge on any atom is -0.396 e. The van der Waals surface area contributed by atoms with Crippen molar-refractivity contribution in [2.24, 2.45) is 0 Å². The largest absolute Gasteiger partial charge is 0.396 e. The van der Waals surface area contributed by atoms with Crippen molar-refractivity contribution < 1.29 is 5.11 Å². The zero-order chi connectivity index (χ0) is 13.1. The Hall–Kier alpha value is -1.69. The first-order chi connectivity index (χ1) is 8.65. The highest BCUT2D eigenvalue weighted by atomic mass is 16.3. The van der Waals surface area contributed by atoms with Gasteiger partial charge in [-0.15, -0.1) is 10.2 Å². The van der Waals surface area contributed by atoms with Crippen LogP contribution in [0.5, 0.6) is 0 Å². The molecule has 0 atom stereocenters. The van der Waals surface area contributed by atoms with Gasteiger partial charge in [0.2, 0.25) is 5.65 Å². The summed E-state index contributed by atoms with van der Waals surface area (Å²) in [6.07, 6.45) is 4.33. The van der Waals surface area contributed by atoms with Crippen LogP contribution in [-0.4, -0.2) is 43.9 Å². The van der Waals surface area contributed by atoms with Crippen LogP contribution in [0, 0.1) is 6.92 Å². The van der Waals surface area contributed by atoms with Gasteiger partial charge >= 0.3 is 0 Å². The molecule has 0 amide bonds. The lowest BCUT2D eigenvalue weighted by Crippen LogP contribution is -2.33. The molecule has 18 heavy (non-hydrogen) atoms. The van der Waals surface area contributed by atoms with Crippen LogP contribution in [-0.2, 0) is 0 Å². The molecule has 0 aliphatic carbocycles. The predicted octanol–water partition coefficient (Wildman–Crippen LogP) is 1.03. The van der Waals surface area contributed by atoms with Crippen molar-refractivity contribution in [3.8, 4) is 0 Å². The van der Waals surface area contributed by atoms with E-state index >= 15 is 0 Å². The Labute approximate surface area is 106 Å². The van der Waals surface area contributed by atoms with Crippen LogP contribution >= 0.6 is 0 Å². The van der Waals surface area contributed by atoms with Crippen molar-refractivity contribution in [1.82, 2.24) is 19.6 Å². The number of aryl methyl sites for hydroxylation is 1. The third kappa shape index (κ3) is 2.28. The van der Waals surface area contributed by atoms with Crippen LogP contribution < -0.4 is 4.90 Å². The van der Waals surface area contributed by atoms with Gasteiger partial charge in [0.1, 0.15) is 5.82 Å². The standard InChI is InChI=1S/C12H19N5O/c1-9(2)16(6-4-8-18)11-12-15-14-10(3)17(12)7-5-13-11/h5,7,9,18H,4,6,8H2,1-3H3. The van der Waals surface area contributed by atoms with Gasteiger partial charge in [-0.05, 0) is 27.2 Å². The van der Waals surface area contributed by atoms with Crippen molar-refractivity contribution in [2.45, 2.75) is 33.2 Å². The number of anilines is 1. The smallest absolute Gasteiger partial charge is 0.203 e. The minimum atomic E-state index is 0.179. The molecule has 6 heteroatoms. The van der Waals surface area contributed by atoms with Crippen molar-refractivity contribution >= 4 is 11.5 Å². The summed E-state index contributed by atoms with van der Waals surface area (Å²) >= 11 is 0. The molecule has 0 spiro atoms. The van der Waals surface area contributed by atoms with E-state index in [2.05, 4.69) is 33.9 Å². The summed E-state index contributed by atoms with van der Waals surface area (Å²) in [6, 6.07) is 0.298. The number of nitrogens with zero attached hydrogens (tertiary/aromatic N) is 5. The number of fused-ring (bicyclic) bond motifs is 1. The fourth-order valence-corrected chi connectivity index (χ4v) is 1.98. The van der Waals surface area contributed by atoms with Crippen molar-refractivity contribution in [2.75, 3.05) is 18.1 Å². The SMILES string of the molecule is Cc1nnc2c(N(CCCO)C(C)C)nccn12. The zero-order valence-corrected chi connectivity index (χ0v) is 11.0. The van der Waals surface area contributed by atoms with Gasteiger partial charge in [-0.2, -0.15) is 0 Å². The molecule has 0 aliphatic rings. The summed E-state index contributed by atoms with van der Waals surface area (Å²) in [5, 5.41) is 17.2. The van der Waals surface area contributed by atoms with Gasteiger partial charge in [-0.1, -0.05) is 0 Å². The molecule has 0 saturated carbocycles. The number of aliphatic hydroxyl groups excluding tert-OH is 1. The Morgan fingerprint density at radius 3 is 2.83 bits per heavy atom. The third-order valence-electron chi connectivity index (χ3n) is 2.93.